The molecule has 1 aromatic rings. The first-order valence-corrected chi connectivity index (χ1v) is 5.30. The third-order valence-electron chi connectivity index (χ3n) is 1.52. The van der Waals surface area contributed by atoms with Crippen molar-refractivity contribution in [3.8, 4) is 0 Å². The monoisotopic (exact) mass is 220 g/mol. The molecule has 0 bridgehead atoms. The topological polar surface area (TPSA) is 55.8 Å². The Morgan fingerprint density at radius 2 is 2.00 bits per heavy atom. The molecule has 0 aliphatic rings. The highest BCUT2D eigenvalue weighted by molar-refractivity contribution is 7.47. The van der Waals surface area contributed by atoms with E-state index >= 15 is 0 Å². The number of alkyl halides is 1. The molecule has 0 aliphatic carbocycles. The van der Waals surface area contributed by atoms with E-state index in [1.165, 1.54) is 12.1 Å². The lowest BCUT2D eigenvalue weighted by atomic mass is 10.2. The maximum absolute atomic E-state index is 13.2. The highest BCUT2D eigenvalue weighted by atomic mass is 31.2. The molecule has 0 heterocycles. The van der Waals surface area contributed by atoms with Crippen molar-refractivity contribution in [1.29, 1.82) is 0 Å². The van der Waals surface area contributed by atoms with Crippen molar-refractivity contribution in [3.63, 3.8) is 0 Å². The van der Waals surface area contributed by atoms with Crippen LogP contribution in [0.1, 0.15) is 11.9 Å². The van der Waals surface area contributed by atoms with Crippen molar-refractivity contribution in [2.75, 3.05) is 7.11 Å². The third-order valence-corrected chi connectivity index (χ3v) is 2.43. The minimum absolute atomic E-state index is 0.166. The summed E-state index contributed by atoms with van der Waals surface area (Å²) in [5.41, 5.74) is 0.166. The van der Waals surface area contributed by atoms with E-state index in [1.807, 2.05) is 0 Å². The van der Waals surface area contributed by atoms with E-state index in [0.717, 1.165) is 7.11 Å². The van der Waals surface area contributed by atoms with Gasteiger partial charge in [-0.2, -0.15) is 0 Å². The molecule has 0 spiro atoms. The van der Waals surface area contributed by atoms with E-state index in [4.69, 9.17) is 4.89 Å². The molecule has 78 valence electrons. The van der Waals surface area contributed by atoms with E-state index in [1.54, 1.807) is 18.2 Å². The lowest BCUT2D eigenvalue weighted by Gasteiger charge is -2.12. The zero-order chi connectivity index (χ0) is 10.6. The lowest BCUT2D eigenvalue weighted by molar-refractivity contribution is 0.0283. The molecular formula is C8H10FO4P. The summed E-state index contributed by atoms with van der Waals surface area (Å²) in [6, 6.07) is 7.78. The second kappa shape index (κ2) is 4.66. The summed E-state index contributed by atoms with van der Waals surface area (Å²) in [7, 11) is -3.30. The van der Waals surface area contributed by atoms with E-state index in [9.17, 15) is 8.96 Å². The number of hydrogen-bond donors (Lipinski definition) is 1. The maximum Gasteiger partial charge on any atom is 0.474 e. The van der Waals surface area contributed by atoms with Crippen LogP contribution in [0.5, 0.6) is 0 Å². The van der Waals surface area contributed by atoms with Gasteiger partial charge in [0.05, 0.1) is 0 Å². The molecule has 0 aromatic heterocycles. The fraction of sp³-hybridized carbons (Fsp3) is 0.250. The van der Waals surface area contributed by atoms with Crippen LogP contribution in [0, 0.1) is 0 Å². The standard InChI is InChI=1S/C8H10FO4P/c1-12-14(10,11)13-8(9)7-5-3-2-4-6-7/h2-6,8H,1H3,(H,10,11). The Morgan fingerprint density at radius 3 is 2.50 bits per heavy atom. The summed E-state index contributed by atoms with van der Waals surface area (Å²) < 4.78 is 32.3. The molecule has 0 saturated heterocycles. The van der Waals surface area contributed by atoms with Crippen LogP contribution in [0.3, 0.4) is 0 Å². The van der Waals surface area contributed by atoms with Gasteiger partial charge in [-0.25, -0.2) is 13.5 Å². The molecule has 2 unspecified atom stereocenters. The van der Waals surface area contributed by atoms with Crippen LogP contribution in [0.2, 0.25) is 0 Å². The zero-order valence-corrected chi connectivity index (χ0v) is 8.36. The first-order valence-electron chi connectivity index (χ1n) is 3.81. The van der Waals surface area contributed by atoms with Crippen molar-refractivity contribution in [2.45, 2.75) is 6.36 Å². The van der Waals surface area contributed by atoms with Crippen molar-refractivity contribution >= 4 is 7.82 Å². The summed E-state index contributed by atoms with van der Waals surface area (Å²) in [4.78, 5) is 8.83. The second-order valence-corrected chi connectivity index (χ2v) is 4.00. The molecule has 0 aliphatic heterocycles. The Balaban J connectivity index is 2.68. The Kier molecular flexibility index (Phi) is 3.77. The predicted octanol–water partition coefficient (Wildman–Crippen LogP) is 2.42. The summed E-state index contributed by atoms with van der Waals surface area (Å²) in [5.74, 6) is 0. The molecule has 14 heavy (non-hydrogen) atoms. The Bertz CT molecular complexity index is 329. The van der Waals surface area contributed by atoms with Crippen LogP contribution in [-0.4, -0.2) is 12.0 Å². The molecular weight excluding hydrogens is 210 g/mol. The van der Waals surface area contributed by atoms with Gasteiger partial charge in [0.2, 0.25) is 6.36 Å². The first-order chi connectivity index (χ1) is 6.55. The molecule has 0 amide bonds. The van der Waals surface area contributed by atoms with Gasteiger partial charge in [0.1, 0.15) is 0 Å². The number of hydrogen-bond acceptors (Lipinski definition) is 3. The molecule has 2 atom stereocenters. The average Bonchev–Trinajstić information content (AvgIpc) is 2.19. The van der Waals surface area contributed by atoms with Gasteiger partial charge in [-0.15, -0.1) is 0 Å². The number of benzene rings is 1. The average molecular weight is 220 g/mol. The SMILES string of the molecule is COP(=O)(O)OC(F)c1ccccc1. The Hall–Kier alpha value is -0.740. The molecule has 0 fully saturated rings. The molecule has 1 aromatic carbocycles. The van der Waals surface area contributed by atoms with Gasteiger partial charge in [-0.3, -0.25) is 4.52 Å². The molecule has 4 nitrogen and oxygen atoms in total. The van der Waals surface area contributed by atoms with Gasteiger partial charge in [0.25, 0.3) is 0 Å². The minimum Gasteiger partial charge on any atom is -0.302 e. The highest BCUT2D eigenvalue weighted by Crippen LogP contribution is 2.47. The van der Waals surface area contributed by atoms with Gasteiger partial charge < -0.3 is 4.89 Å². The normalized spacial score (nSPS) is 17.4. The van der Waals surface area contributed by atoms with Crippen LogP contribution in [-0.2, 0) is 13.6 Å². The maximum atomic E-state index is 13.2. The summed E-state index contributed by atoms with van der Waals surface area (Å²) in [6.07, 6.45) is -1.97. The predicted molar refractivity (Wildman–Crippen MR) is 48.2 cm³/mol. The largest absolute Gasteiger partial charge is 0.474 e. The van der Waals surface area contributed by atoms with Gasteiger partial charge in [0, 0.05) is 12.7 Å². The van der Waals surface area contributed by atoms with Crippen molar-refractivity contribution in [3.05, 3.63) is 35.9 Å². The molecule has 0 saturated carbocycles. The number of phosphoric ester groups is 1. The summed E-state index contributed by atoms with van der Waals surface area (Å²) in [5, 5.41) is 0. The molecule has 1 N–H and O–H groups in total. The minimum atomic E-state index is -4.27. The first kappa shape index (κ1) is 11.3. The van der Waals surface area contributed by atoms with Crippen LogP contribution in [0.15, 0.2) is 30.3 Å². The molecule has 6 heteroatoms. The van der Waals surface area contributed by atoms with Crippen LogP contribution >= 0.6 is 7.82 Å². The van der Waals surface area contributed by atoms with E-state index in [-0.39, 0.29) is 5.56 Å². The highest BCUT2D eigenvalue weighted by Gasteiger charge is 2.25. The quantitative estimate of drug-likeness (QED) is 0.791. The van der Waals surface area contributed by atoms with Gasteiger partial charge in [0.15, 0.2) is 0 Å². The Labute approximate surface area is 80.9 Å². The zero-order valence-electron chi connectivity index (χ0n) is 7.46. The Morgan fingerprint density at radius 1 is 1.43 bits per heavy atom. The molecule has 1 rings (SSSR count). The smallest absolute Gasteiger partial charge is 0.302 e. The van der Waals surface area contributed by atoms with Crippen LogP contribution in [0.25, 0.3) is 0 Å². The fourth-order valence-corrected chi connectivity index (χ4v) is 1.27. The number of halogens is 1. The van der Waals surface area contributed by atoms with Gasteiger partial charge >= 0.3 is 7.82 Å². The number of rotatable bonds is 4. The van der Waals surface area contributed by atoms with Crippen LogP contribution in [0.4, 0.5) is 4.39 Å². The van der Waals surface area contributed by atoms with Gasteiger partial charge in [-0.05, 0) is 0 Å². The fourth-order valence-electron chi connectivity index (χ4n) is 0.825. The van der Waals surface area contributed by atoms with Crippen molar-refractivity contribution in [1.82, 2.24) is 0 Å². The third kappa shape index (κ3) is 3.20. The van der Waals surface area contributed by atoms with Crippen molar-refractivity contribution < 1.29 is 22.9 Å². The summed E-state index contributed by atoms with van der Waals surface area (Å²) >= 11 is 0. The molecule has 0 radical (unpaired) electrons. The lowest BCUT2D eigenvalue weighted by Crippen LogP contribution is -1.97. The van der Waals surface area contributed by atoms with E-state index in [0.29, 0.717) is 0 Å². The summed E-state index contributed by atoms with van der Waals surface area (Å²) in [6.45, 7) is 0. The number of phosphoric acid groups is 1. The van der Waals surface area contributed by atoms with Crippen molar-refractivity contribution in [2.24, 2.45) is 0 Å². The second-order valence-electron chi connectivity index (χ2n) is 2.48. The van der Waals surface area contributed by atoms with E-state index < -0.39 is 14.2 Å². The van der Waals surface area contributed by atoms with E-state index in [2.05, 4.69) is 9.05 Å². The van der Waals surface area contributed by atoms with Crippen LogP contribution < -0.4 is 0 Å². The van der Waals surface area contributed by atoms with Gasteiger partial charge in [-0.1, -0.05) is 30.3 Å².